The lowest BCUT2D eigenvalue weighted by Crippen LogP contribution is -2.35. The van der Waals surface area contributed by atoms with Crippen LogP contribution >= 0.6 is 0 Å². The lowest BCUT2D eigenvalue weighted by atomic mass is 9.87. The van der Waals surface area contributed by atoms with Crippen molar-refractivity contribution >= 4 is 7.32 Å². The highest BCUT2D eigenvalue weighted by Crippen LogP contribution is 2.24. The topological polar surface area (TPSA) is 27.7 Å². The predicted octanol–water partition coefficient (Wildman–Crippen LogP) is 4.20. The fraction of sp³-hybridized carbons (Fsp3) is 0.625. The summed E-state index contributed by atoms with van der Waals surface area (Å²) in [5, 5.41) is 0. The molecule has 0 heterocycles. The molecule has 4 heteroatoms. The Bertz CT molecular complexity index is 383. The van der Waals surface area contributed by atoms with Gasteiger partial charge in [-0.3, -0.25) is 0 Å². The fourth-order valence-corrected chi connectivity index (χ4v) is 1.68. The molecule has 0 saturated heterocycles. The van der Waals surface area contributed by atoms with Crippen LogP contribution in [0.15, 0.2) is 24.3 Å². The largest absolute Gasteiger partial charge is 0.713 e. The highest BCUT2D eigenvalue weighted by Gasteiger charge is 2.27. The molecule has 0 aliphatic carbocycles. The molecule has 0 aliphatic rings. The predicted molar refractivity (Wildman–Crippen MR) is 84.0 cm³/mol. The molecule has 1 aromatic rings. The van der Waals surface area contributed by atoms with Gasteiger partial charge in [0.25, 0.3) is 0 Å². The second-order valence-electron chi connectivity index (χ2n) is 6.55. The van der Waals surface area contributed by atoms with Crippen LogP contribution in [0.5, 0.6) is 5.75 Å². The van der Waals surface area contributed by atoms with Crippen molar-refractivity contribution in [1.82, 2.24) is 0 Å². The van der Waals surface area contributed by atoms with E-state index in [2.05, 4.69) is 32.9 Å². The van der Waals surface area contributed by atoms with E-state index >= 15 is 0 Å². The number of hydrogen-bond acceptors (Lipinski definition) is 3. The van der Waals surface area contributed by atoms with Crippen LogP contribution in [0.1, 0.15) is 54.0 Å². The quantitative estimate of drug-likeness (QED) is 0.730. The third-order valence-corrected chi connectivity index (χ3v) is 2.72. The van der Waals surface area contributed by atoms with E-state index in [9.17, 15) is 0 Å². The second-order valence-corrected chi connectivity index (χ2v) is 6.55. The van der Waals surface area contributed by atoms with Gasteiger partial charge in [0.15, 0.2) is 0 Å². The van der Waals surface area contributed by atoms with Crippen LogP contribution in [-0.4, -0.2) is 19.5 Å². The van der Waals surface area contributed by atoms with Crippen LogP contribution in [0.25, 0.3) is 0 Å². The minimum Gasteiger partial charge on any atom is -0.512 e. The minimum absolute atomic E-state index is 0.0487. The molecule has 0 N–H and O–H groups in total. The minimum atomic E-state index is -0.671. The summed E-state index contributed by atoms with van der Waals surface area (Å²) in [6.07, 6.45) is 0.0974. The SMILES string of the molecule is CC(C)OB(Oc1ccc(C(C)(C)C)cc1)OC(C)C. The van der Waals surface area contributed by atoms with Crippen molar-refractivity contribution in [2.24, 2.45) is 0 Å². The Balaban J connectivity index is 2.73. The van der Waals surface area contributed by atoms with E-state index in [1.807, 2.05) is 39.8 Å². The van der Waals surface area contributed by atoms with Crippen molar-refractivity contribution in [3.05, 3.63) is 29.8 Å². The summed E-state index contributed by atoms with van der Waals surface area (Å²) in [7, 11) is -0.671. The monoisotopic (exact) mass is 278 g/mol. The molecule has 112 valence electrons. The van der Waals surface area contributed by atoms with Gasteiger partial charge in [-0.2, -0.15) is 0 Å². The first-order chi connectivity index (χ1) is 9.18. The van der Waals surface area contributed by atoms with E-state index < -0.39 is 7.32 Å². The standard InChI is InChI=1S/C16H27BO3/c1-12(2)18-17(19-13(3)4)20-15-10-8-14(9-11-15)16(5,6)7/h8-13H,1-7H3. The zero-order valence-corrected chi connectivity index (χ0v) is 13.8. The van der Waals surface area contributed by atoms with Gasteiger partial charge in [0.2, 0.25) is 0 Å². The van der Waals surface area contributed by atoms with Crippen LogP contribution < -0.4 is 4.65 Å². The molecular weight excluding hydrogens is 251 g/mol. The van der Waals surface area contributed by atoms with E-state index in [1.54, 1.807) is 0 Å². The molecule has 20 heavy (non-hydrogen) atoms. The maximum Gasteiger partial charge on any atom is 0.713 e. The van der Waals surface area contributed by atoms with Gasteiger partial charge in [-0.25, -0.2) is 0 Å². The Morgan fingerprint density at radius 2 is 1.30 bits per heavy atom. The molecule has 0 atom stereocenters. The Morgan fingerprint density at radius 3 is 1.65 bits per heavy atom. The molecule has 0 amide bonds. The van der Waals surface area contributed by atoms with Crippen molar-refractivity contribution in [3.63, 3.8) is 0 Å². The molecule has 0 bridgehead atoms. The van der Waals surface area contributed by atoms with Crippen molar-refractivity contribution in [2.75, 3.05) is 0 Å². The van der Waals surface area contributed by atoms with E-state index in [0.29, 0.717) is 0 Å². The molecule has 0 radical (unpaired) electrons. The summed E-state index contributed by atoms with van der Waals surface area (Å²) >= 11 is 0. The average Bonchev–Trinajstić information content (AvgIpc) is 2.26. The molecule has 0 aliphatic heterocycles. The normalized spacial score (nSPS) is 12.1. The number of hydrogen-bond donors (Lipinski definition) is 0. The van der Waals surface area contributed by atoms with E-state index in [-0.39, 0.29) is 17.6 Å². The molecular formula is C16H27BO3. The molecule has 0 unspecified atom stereocenters. The van der Waals surface area contributed by atoms with Gasteiger partial charge in [-0.15, -0.1) is 0 Å². The van der Waals surface area contributed by atoms with Crippen molar-refractivity contribution in [3.8, 4) is 5.75 Å². The van der Waals surface area contributed by atoms with Crippen LogP contribution in [-0.2, 0) is 14.7 Å². The van der Waals surface area contributed by atoms with E-state index in [1.165, 1.54) is 5.56 Å². The van der Waals surface area contributed by atoms with Gasteiger partial charge in [0, 0.05) is 12.2 Å². The average molecular weight is 278 g/mol. The summed E-state index contributed by atoms with van der Waals surface area (Å²) in [4.78, 5) is 0. The van der Waals surface area contributed by atoms with Crippen molar-refractivity contribution in [2.45, 2.75) is 66.1 Å². The van der Waals surface area contributed by atoms with Crippen LogP contribution in [0.4, 0.5) is 0 Å². The molecule has 0 fully saturated rings. The van der Waals surface area contributed by atoms with Gasteiger partial charge >= 0.3 is 7.32 Å². The maximum absolute atomic E-state index is 5.76. The van der Waals surface area contributed by atoms with E-state index in [4.69, 9.17) is 14.0 Å². The summed E-state index contributed by atoms with van der Waals surface area (Å²) in [6.45, 7) is 14.4. The van der Waals surface area contributed by atoms with Crippen LogP contribution in [0, 0.1) is 0 Å². The Hall–Kier alpha value is -0.995. The summed E-state index contributed by atoms with van der Waals surface area (Å²) in [6, 6.07) is 8.08. The van der Waals surface area contributed by atoms with Gasteiger partial charge in [-0.1, -0.05) is 32.9 Å². The van der Waals surface area contributed by atoms with E-state index in [0.717, 1.165) is 5.75 Å². The van der Waals surface area contributed by atoms with Gasteiger partial charge in [0.1, 0.15) is 5.75 Å². The summed E-state index contributed by atoms with van der Waals surface area (Å²) < 4.78 is 17.0. The first kappa shape index (κ1) is 17.1. The fourth-order valence-electron chi connectivity index (χ4n) is 1.68. The van der Waals surface area contributed by atoms with Crippen molar-refractivity contribution < 1.29 is 14.0 Å². The first-order valence-electron chi connectivity index (χ1n) is 7.26. The third-order valence-electron chi connectivity index (χ3n) is 2.72. The highest BCUT2D eigenvalue weighted by molar-refractivity contribution is 6.37. The second kappa shape index (κ2) is 7.14. The number of rotatable bonds is 6. The lowest BCUT2D eigenvalue weighted by molar-refractivity contribution is 0.0849. The molecule has 0 aromatic heterocycles. The molecule has 1 rings (SSSR count). The van der Waals surface area contributed by atoms with Crippen LogP contribution in [0.3, 0.4) is 0 Å². The van der Waals surface area contributed by atoms with Gasteiger partial charge in [0.05, 0.1) is 0 Å². The van der Waals surface area contributed by atoms with Gasteiger partial charge < -0.3 is 14.0 Å². The Kier molecular flexibility index (Phi) is 6.09. The first-order valence-corrected chi connectivity index (χ1v) is 7.26. The smallest absolute Gasteiger partial charge is 0.512 e. The van der Waals surface area contributed by atoms with Crippen molar-refractivity contribution in [1.29, 1.82) is 0 Å². The van der Waals surface area contributed by atoms with Gasteiger partial charge in [-0.05, 0) is 50.8 Å². The molecule has 0 saturated carbocycles. The molecule has 1 aromatic carbocycles. The zero-order valence-electron chi connectivity index (χ0n) is 13.8. The molecule has 3 nitrogen and oxygen atoms in total. The lowest BCUT2D eigenvalue weighted by Gasteiger charge is -2.21. The number of benzene rings is 1. The maximum atomic E-state index is 5.76. The van der Waals surface area contributed by atoms with Crippen LogP contribution in [0.2, 0.25) is 0 Å². The highest BCUT2D eigenvalue weighted by atomic mass is 16.7. The molecule has 0 spiro atoms. The zero-order chi connectivity index (χ0) is 15.3. The Labute approximate surface area is 123 Å². The Morgan fingerprint density at radius 1 is 0.850 bits per heavy atom. The third kappa shape index (κ3) is 5.97. The summed E-state index contributed by atoms with van der Waals surface area (Å²) in [5.74, 6) is 0.754. The summed E-state index contributed by atoms with van der Waals surface area (Å²) in [5.41, 5.74) is 1.41.